The molecule has 0 saturated carbocycles. The van der Waals surface area contributed by atoms with E-state index in [1.807, 2.05) is 47.4 Å². The minimum Gasteiger partial charge on any atom is -0.334 e. The molecule has 4 aliphatic rings. The van der Waals surface area contributed by atoms with Crippen molar-refractivity contribution < 1.29 is 18.0 Å². The fourth-order valence-corrected chi connectivity index (χ4v) is 11.7. The number of hydrogen-bond acceptors (Lipinski definition) is 9. The lowest BCUT2D eigenvalue weighted by Crippen LogP contribution is -2.42. The van der Waals surface area contributed by atoms with Gasteiger partial charge < -0.3 is 19.6 Å². The predicted molar refractivity (Wildman–Crippen MR) is 224 cm³/mol. The quantitative estimate of drug-likeness (QED) is 0.149. The molecule has 0 N–H and O–H groups in total. The molecule has 2 atom stereocenters. The third kappa shape index (κ3) is 9.50. The Kier molecular flexibility index (Phi) is 13.0. The summed E-state index contributed by atoms with van der Waals surface area (Å²) in [6, 6.07) is 24.2. The first-order valence-electron chi connectivity index (χ1n) is 19.4. The van der Waals surface area contributed by atoms with Crippen LogP contribution in [0.1, 0.15) is 72.1 Å². The number of carbonyl (C=O) groups excluding carboxylic acids is 2. The van der Waals surface area contributed by atoms with Gasteiger partial charge in [0.2, 0.25) is 0 Å². The maximum atomic E-state index is 13.0. The average Bonchev–Trinajstić information content (AvgIpc) is 4.04. The number of nitrogens with zero attached hydrogens (tertiary/aromatic N) is 4. The molecule has 4 saturated heterocycles. The predicted octanol–water partition coefficient (Wildman–Crippen LogP) is 8.36. The first-order valence-corrected chi connectivity index (χ1v) is 24.1. The first-order chi connectivity index (χ1) is 26.2. The van der Waals surface area contributed by atoms with Crippen LogP contribution in [0.2, 0.25) is 0 Å². The summed E-state index contributed by atoms with van der Waals surface area (Å²) in [5.41, 5.74) is 3.66. The van der Waals surface area contributed by atoms with Crippen molar-refractivity contribution in [2.75, 3.05) is 64.9 Å². The van der Waals surface area contributed by atoms with Crippen molar-refractivity contribution in [3.05, 3.63) is 83.9 Å². The maximum absolute atomic E-state index is 13.0. The second-order valence-corrected chi connectivity index (χ2v) is 20.5. The first kappa shape index (κ1) is 39.2. The van der Waals surface area contributed by atoms with E-state index in [-0.39, 0.29) is 11.8 Å². The number of thioether (sulfide) groups is 1. The molecule has 12 heteroatoms. The summed E-state index contributed by atoms with van der Waals surface area (Å²) in [5, 5.41) is 0. The molecule has 4 fully saturated rings. The summed E-state index contributed by atoms with van der Waals surface area (Å²) in [6.45, 7) is 8.50. The number of sulfone groups is 1. The number of benzene rings is 2. The van der Waals surface area contributed by atoms with Gasteiger partial charge in [-0.3, -0.25) is 9.59 Å². The molecule has 0 bridgehead atoms. The molecule has 8 nitrogen and oxygen atoms in total. The van der Waals surface area contributed by atoms with E-state index in [1.54, 1.807) is 29.2 Å². The van der Waals surface area contributed by atoms with Crippen LogP contribution in [0.25, 0.3) is 20.9 Å². The Balaban J connectivity index is 0.000000167. The van der Waals surface area contributed by atoms with Crippen LogP contribution in [0.3, 0.4) is 0 Å². The SMILES string of the molecule is CS(=O)(=O)c1ccc(-c2ccc(C(=O)N3CCC[C@H]3CN3CCCC3)cc2)s1.CSc1ccc(-c2ccc(C(=O)N3CCC[C@H]3CN3CCCC3)cc2)s1. The molecule has 8 rings (SSSR count). The highest BCUT2D eigenvalue weighted by molar-refractivity contribution is 8.00. The van der Waals surface area contributed by atoms with E-state index in [1.165, 1.54) is 71.0 Å². The van der Waals surface area contributed by atoms with Crippen molar-refractivity contribution in [1.29, 1.82) is 0 Å². The zero-order valence-electron chi connectivity index (χ0n) is 31.5. The number of amides is 2. The largest absolute Gasteiger partial charge is 0.334 e. The van der Waals surface area contributed by atoms with Gasteiger partial charge in [-0.05, 0) is 143 Å². The number of likely N-dealkylation sites (tertiary alicyclic amines) is 4. The minimum absolute atomic E-state index is 0.108. The van der Waals surface area contributed by atoms with Crippen LogP contribution in [0.5, 0.6) is 0 Å². The molecule has 2 aromatic carbocycles. The summed E-state index contributed by atoms with van der Waals surface area (Å²) in [4.78, 5) is 37.4. The highest BCUT2D eigenvalue weighted by Crippen LogP contribution is 2.34. The van der Waals surface area contributed by atoms with Crippen LogP contribution < -0.4 is 0 Å². The zero-order chi connectivity index (χ0) is 37.7. The molecule has 4 aliphatic heterocycles. The number of hydrogen-bond donors (Lipinski definition) is 0. The molecule has 2 aromatic heterocycles. The van der Waals surface area contributed by atoms with E-state index in [4.69, 9.17) is 0 Å². The highest BCUT2D eigenvalue weighted by atomic mass is 32.2. The lowest BCUT2D eigenvalue weighted by Gasteiger charge is -2.28. The molecule has 0 unspecified atom stereocenters. The number of rotatable bonds is 10. The van der Waals surface area contributed by atoms with Crippen molar-refractivity contribution in [2.24, 2.45) is 0 Å². The standard InChI is InChI=1S/C21H26N2O3S2.C21H26N2OS2/c1-28(25,26)20-11-10-19(27-20)16-6-8-17(9-7-16)21(24)23-14-4-5-18(23)15-22-12-2-3-13-22;1-25-20-11-10-19(26-20)16-6-8-17(9-7-16)21(24)23-14-4-5-18(23)15-22-12-2-3-13-22/h6-11,18H,2-5,12-15H2,1H3;6-11,18H,2-5,12-15H2,1H3/t2*18-/m00/s1. The van der Waals surface area contributed by atoms with Gasteiger partial charge >= 0.3 is 0 Å². The molecule has 4 aromatic rings. The molecule has 0 aliphatic carbocycles. The molecule has 2 amide bonds. The van der Waals surface area contributed by atoms with Crippen LogP contribution in [0.15, 0.2) is 81.2 Å². The fourth-order valence-electron chi connectivity index (χ4n) is 8.26. The van der Waals surface area contributed by atoms with Crippen LogP contribution in [-0.4, -0.2) is 117 Å². The van der Waals surface area contributed by atoms with Gasteiger partial charge in [0.15, 0.2) is 9.84 Å². The number of thiophene rings is 2. The van der Waals surface area contributed by atoms with Gasteiger partial charge in [-0.25, -0.2) is 8.42 Å². The van der Waals surface area contributed by atoms with Gasteiger partial charge in [-0.2, -0.15) is 0 Å². The molecular formula is C42H52N4O4S4. The van der Waals surface area contributed by atoms with Crippen LogP contribution >= 0.6 is 34.4 Å². The lowest BCUT2D eigenvalue weighted by molar-refractivity contribution is 0.0701. The fraction of sp³-hybridized carbons (Fsp3) is 0.476. The molecule has 6 heterocycles. The molecular weight excluding hydrogens is 753 g/mol. The Labute approximate surface area is 333 Å². The van der Waals surface area contributed by atoms with Crippen molar-refractivity contribution in [3.8, 4) is 20.9 Å². The van der Waals surface area contributed by atoms with Crippen LogP contribution in [0, 0.1) is 0 Å². The molecule has 0 spiro atoms. The van der Waals surface area contributed by atoms with E-state index in [2.05, 4.69) is 45.2 Å². The summed E-state index contributed by atoms with van der Waals surface area (Å²) >= 11 is 4.84. The van der Waals surface area contributed by atoms with E-state index < -0.39 is 9.84 Å². The molecule has 54 heavy (non-hydrogen) atoms. The summed E-state index contributed by atoms with van der Waals surface area (Å²) in [7, 11) is -3.19. The Morgan fingerprint density at radius 3 is 1.46 bits per heavy atom. The van der Waals surface area contributed by atoms with Gasteiger partial charge in [0.05, 0.1) is 4.21 Å². The second kappa shape index (κ2) is 17.9. The van der Waals surface area contributed by atoms with E-state index in [0.29, 0.717) is 21.9 Å². The lowest BCUT2D eigenvalue weighted by atomic mass is 10.1. The molecule has 288 valence electrons. The van der Waals surface area contributed by atoms with Crippen LogP contribution in [-0.2, 0) is 9.84 Å². The van der Waals surface area contributed by atoms with Crippen LogP contribution in [0.4, 0.5) is 0 Å². The highest BCUT2D eigenvalue weighted by Gasteiger charge is 2.32. The van der Waals surface area contributed by atoms with E-state index in [9.17, 15) is 18.0 Å². The minimum atomic E-state index is -3.19. The third-order valence-electron chi connectivity index (χ3n) is 11.2. The Bertz CT molecular complexity index is 1980. The molecule has 0 radical (unpaired) electrons. The smallest absolute Gasteiger partial charge is 0.254 e. The monoisotopic (exact) mass is 804 g/mol. The third-order valence-corrected chi connectivity index (χ3v) is 16.3. The normalized spacial score (nSPS) is 20.8. The maximum Gasteiger partial charge on any atom is 0.254 e. The summed E-state index contributed by atoms with van der Waals surface area (Å²) in [5.74, 6) is 0.311. The summed E-state index contributed by atoms with van der Waals surface area (Å²) < 4.78 is 25.0. The second-order valence-electron chi connectivity index (χ2n) is 15.0. The average molecular weight is 805 g/mol. The van der Waals surface area contributed by atoms with E-state index >= 15 is 0 Å². The topological polar surface area (TPSA) is 81.2 Å². The Morgan fingerprint density at radius 2 is 1.06 bits per heavy atom. The van der Waals surface area contributed by atoms with Crippen molar-refractivity contribution in [2.45, 2.75) is 71.9 Å². The van der Waals surface area contributed by atoms with Gasteiger partial charge in [-0.15, -0.1) is 34.4 Å². The summed E-state index contributed by atoms with van der Waals surface area (Å²) in [6.07, 6.45) is 12.9. The van der Waals surface area contributed by atoms with Crippen molar-refractivity contribution in [3.63, 3.8) is 0 Å². The Morgan fingerprint density at radius 1 is 0.611 bits per heavy atom. The van der Waals surface area contributed by atoms with Gasteiger partial charge in [0.25, 0.3) is 11.8 Å². The number of carbonyl (C=O) groups is 2. The van der Waals surface area contributed by atoms with E-state index in [0.717, 1.165) is 81.0 Å². The van der Waals surface area contributed by atoms with Crippen molar-refractivity contribution in [1.82, 2.24) is 19.6 Å². The van der Waals surface area contributed by atoms with Gasteiger partial charge in [0.1, 0.15) is 4.21 Å². The van der Waals surface area contributed by atoms with Gasteiger partial charge in [-0.1, -0.05) is 24.3 Å². The zero-order valence-corrected chi connectivity index (χ0v) is 34.7. The Hall–Kier alpha value is -3.00. The van der Waals surface area contributed by atoms with Crippen molar-refractivity contribution >= 4 is 56.1 Å². The van der Waals surface area contributed by atoms with Gasteiger partial charge in [0, 0.05) is 65.4 Å².